The van der Waals surface area contributed by atoms with Gasteiger partial charge >= 0.3 is 6.09 Å². The molecule has 0 unspecified atom stereocenters. The van der Waals surface area contributed by atoms with Gasteiger partial charge in [0.25, 0.3) is 0 Å². The van der Waals surface area contributed by atoms with Crippen LogP contribution in [0.3, 0.4) is 0 Å². The molecule has 0 N–H and O–H groups in total. The molecule has 1 fully saturated rings. The fraction of sp³-hybridized carbons (Fsp3) is 0.276. The molecule has 3 heterocycles. The number of fused-ring (bicyclic) bond motifs is 1. The minimum absolute atomic E-state index is 0.222. The number of hydrogen-bond acceptors (Lipinski definition) is 5. The number of ether oxygens (including phenoxy) is 1. The SMILES string of the molecule is CC(C)(C)OC(=O)N1CCN(c2cc(-c3ccc(F)cc3F)c3ccnc(-c4c(Cl)cccc4Cl)c3n2)CC1. The second-order valence-electron chi connectivity index (χ2n) is 10.3. The second-order valence-corrected chi connectivity index (χ2v) is 11.1. The summed E-state index contributed by atoms with van der Waals surface area (Å²) in [7, 11) is 0. The number of aromatic nitrogens is 2. The molecule has 1 aliphatic rings. The summed E-state index contributed by atoms with van der Waals surface area (Å²) < 4.78 is 34.4. The molecule has 10 heteroatoms. The van der Waals surface area contributed by atoms with Crippen LogP contribution in [0.1, 0.15) is 20.8 Å². The number of carbonyl (C=O) groups excluding carboxylic acids is 1. The minimum Gasteiger partial charge on any atom is -0.444 e. The van der Waals surface area contributed by atoms with Crippen molar-refractivity contribution in [1.29, 1.82) is 0 Å². The smallest absolute Gasteiger partial charge is 0.410 e. The van der Waals surface area contributed by atoms with E-state index in [2.05, 4.69) is 4.98 Å². The molecule has 0 saturated carbocycles. The molecule has 0 bridgehead atoms. The lowest BCUT2D eigenvalue weighted by molar-refractivity contribution is 0.0240. The van der Waals surface area contributed by atoms with Crippen molar-refractivity contribution in [3.8, 4) is 22.4 Å². The van der Waals surface area contributed by atoms with Gasteiger partial charge in [0.15, 0.2) is 0 Å². The van der Waals surface area contributed by atoms with E-state index in [4.69, 9.17) is 32.9 Å². The minimum atomic E-state index is -0.697. The summed E-state index contributed by atoms with van der Waals surface area (Å²) in [5, 5.41) is 1.41. The molecule has 5 rings (SSSR count). The number of hydrogen-bond donors (Lipinski definition) is 0. The zero-order chi connectivity index (χ0) is 27.9. The van der Waals surface area contributed by atoms with E-state index in [1.807, 2.05) is 25.7 Å². The van der Waals surface area contributed by atoms with E-state index in [0.717, 1.165) is 6.07 Å². The molecule has 2 aromatic heterocycles. The Morgan fingerprint density at radius 1 is 0.949 bits per heavy atom. The van der Waals surface area contributed by atoms with Crippen LogP contribution in [0, 0.1) is 11.6 Å². The summed E-state index contributed by atoms with van der Waals surface area (Å²) in [4.78, 5) is 25.7. The normalized spacial score (nSPS) is 14.1. The Kier molecular flexibility index (Phi) is 7.35. The van der Waals surface area contributed by atoms with Crippen molar-refractivity contribution in [2.24, 2.45) is 0 Å². The zero-order valence-electron chi connectivity index (χ0n) is 21.6. The molecular formula is C29H26Cl2F2N4O2. The van der Waals surface area contributed by atoms with E-state index in [1.165, 1.54) is 12.1 Å². The molecule has 202 valence electrons. The van der Waals surface area contributed by atoms with Gasteiger partial charge in [0, 0.05) is 55.0 Å². The number of nitrogens with zero attached hydrogens (tertiary/aromatic N) is 4. The van der Waals surface area contributed by atoms with E-state index < -0.39 is 17.2 Å². The summed E-state index contributed by atoms with van der Waals surface area (Å²) in [5.41, 5.74) is 1.58. The lowest BCUT2D eigenvalue weighted by Crippen LogP contribution is -2.50. The average Bonchev–Trinajstić information content (AvgIpc) is 2.87. The standard InChI is InChI=1S/C29H26Cl2F2N4O2/c1-29(2,3)39-28(38)37-13-11-36(12-14-37)24-16-20(18-8-7-17(32)15-23(18)33)19-9-10-34-27(26(19)35-24)25-21(30)5-4-6-22(25)31/h4-10,15-16H,11-14H2,1-3H3. The van der Waals surface area contributed by atoms with Gasteiger partial charge in [-0.3, -0.25) is 4.98 Å². The van der Waals surface area contributed by atoms with Gasteiger partial charge in [-0.05, 0) is 62.7 Å². The van der Waals surface area contributed by atoms with Gasteiger partial charge in [0.05, 0.1) is 21.3 Å². The summed E-state index contributed by atoms with van der Waals surface area (Å²) >= 11 is 13.1. The number of benzene rings is 2. The number of carbonyl (C=O) groups is 1. The van der Waals surface area contributed by atoms with Gasteiger partial charge in [-0.25, -0.2) is 18.6 Å². The maximum Gasteiger partial charge on any atom is 0.410 e. The summed E-state index contributed by atoms with van der Waals surface area (Å²) in [6, 6.07) is 12.2. The molecule has 1 aliphatic heterocycles. The van der Waals surface area contributed by atoms with Crippen molar-refractivity contribution >= 4 is 46.0 Å². The topological polar surface area (TPSA) is 58.6 Å². The Hall–Kier alpha value is -3.49. The predicted octanol–water partition coefficient (Wildman–Crippen LogP) is 7.61. The van der Waals surface area contributed by atoms with Crippen molar-refractivity contribution in [1.82, 2.24) is 14.9 Å². The Bertz CT molecular complexity index is 1550. The molecule has 0 aliphatic carbocycles. The molecule has 1 amide bonds. The van der Waals surface area contributed by atoms with Gasteiger partial charge in [-0.15, -0.1) is 0 Å². The van der Waals surface area contributed by atoms with Crippen LogP contribution >= 0.6 is 23.2 Å². The lowest BCUT2D eigenvalue weighted by atomic mass is 9.98. The van der Waals surface area contributed by atoms with Gasteiger partial charge < -0.3 is 14.5 Å². The Morgan fingerprint density at radius 3 is 2.28 bits per heavy atom. The molecule has 39 heavy (non-hydrogen) atoms. The van der Waals surface area contributed by atoms with Crippen LogP contribution in [-0.2, 0) is 4.74 Å². The van der Waals surface area contributed by atoms with Crippen LogP contribution in [0.5, 0.6) is 0 Å². The van der Waals surface area contributed by atoms with Crippen molar-refractivity contribution in [3.05, 3.63) is 76.4 Å². The summed E-state index contributed by atoms with van der Waals surface area (Å²) in [5.74, 6) is -0.807. The van der Waals surface area contributed by atoms with Crippen LogP contribution in [0.2, 0.25) is 10.0 Å². The van der Waals surface area contributed by atoms with Gasteiger partial charge in [-0.2, -0.15) is 0 Å². The zero-order valence-corrected chi connectivity index (χ0v) is 23.2. The molecule has 4 aromatic rings. The maximum absolute atomic E-state index is 15.1. The van der Waals surface area contributed by atoms with E-state index in [-0.39, 0.29) is 11.7 Å². The van der Waals surface area contributed by atoms with Crippen molar-refractivity contribution in [2.45, 2.75) is 26.4 Å². The fourth-order valence-electron chi connectivity index (χ4n) is 4.58. The first kappa shape index (κ1) is 27.1. The Labute approximate surface area is 235 Å². The van der Waals surface area contributed by atoms with Crippen LogP contribution in [0.4, 0.5) is 19.4 Å². The third-order valence-electron chi connectivity index (χ3n) is 6.39. The van der Waals surface area contributed by atoms with Crippen molar-refractivity contribution in [2.75, 3.05) is 31.1 Å². The highest BCUT2D eigenvalue weighted by molar-refractivity contribution is 6.39. The van der Waals surface area contributed by atoms with Gasteiger partial charge in [0.2, 0.25) is 0 Å². The highest BCUT2D eigenvalue weighted by Gasteiger charge is 2.27. The number of pyridine rings is 2. The monoisotopic (exact) mass is 570 g/mol. The molecule has 1 saturated heterocycles. The number of rotatable bonds is 3. The highest BCUT2D eigenvalue weighted by Crippen LogP contribution is 2.40. The van der Waals surface area contributed by atoms with Gasteiger partial charge in [-0.1, -0.05) is 29.3 Å². The second kappa shape index (κ2) is 10.6. The third kappa shape index (κ3) is 5.63. The van der Waals surface area contributed by atoms with E-state index >= 15 is 4.39 Å². The van der Waals surface area contributed by atoms with Crippen LogP contribution in [0.15, 0.2) is 54.7 Å². The van der Waals surface area contributed by atoms with E-state index in [0.29, 0.717) is 69.8 Å². The average molecular weight is 571 g/mol. The Morgan fingerprint density at radius 2 is 1.64 bits per heavy atom. The summed E-state index contributed by atoms with van der Waals surface area (Å²) in [6.45, 7) is 7.28. The number of halogens is 4. The van der Waals surface area contributed by atoms with Crippen LogP contribution < -0.4 is 4.90 Å². The first-order valence-corrected chi connectivity index (χ1v) is 13.2. The first-order valence-electron chi connectivity index (χ1n) is 12.4. The number of anilines is 1. The van der Waals surface area contributed by atoms with E-state index in [9.17, 15) is 9.18 Å². The lowest BCUT2D eigenvalue weighted by Gasteiger charge is -2.36. The predicted molar refractivity (Wildman–Crippen MR) is 150 cm³/mol. The van der Waals surface area contributed by atoms with Crippen molar-refractivity contribution in [3.63, 3.8) is 0 Å². The van der Waals surface area contributed by atoms with E-state index in [1.54, 1.807) is 41.4 Å². The largest absolute Gasteiger partial charge is 0.444 e. The molecular weight excluding hydrogens is 545 g/mol. The number of piperazine rings is 1. The molecule has 0 spiro atoms. The highest BCUT2D eigenvalue weighted by atomic mass is 35.5. The fourth-order valence-corrected chi connectivity index (χ4v) is 5.16. The van der Waals surface area contributed by atoms with Crippen LogP contribution in [0.25, 0.3) is 33.3 Å². The molecule has 0 atom stereocenters. The quantitative estimate of drug-likeness (QED) is 0.254. The maximum atomic E-state index is 15.1. The molecule has 0 radical (unpaired) electrons. The number of amides is 1. The third-order valence-corrected chi connectivity index (χ3v) is 7.02. The van der Waals surface area contributed by atoms with Crippen LogP contribution in [-0.4, -0.2) is 52.7 Å². The molecule has 2 aromatic carbocycles. The molecule has 6 nitrogen and oxygen atoms in total. The summed E-state index contributed by atoms with van der Waals surface area (Å²) in [6.07, 6.45) is 1.21. The Balaban J connectivity index is 1.62. The first-order chi connectivity index (χ1) is 18.5. The van der Waals surface area contributed by atoms with Crippen molar-refractivity contribution < 1.29 is 18.3 Å². The van der Waals surface area contributed by atoms with Gasteiger partial charge in [0.1, 0.15) is 23.1 Å².